The second-order valence-electron chi connectivity index (χ2n) is 7.06. The molecule has 5 heteroatoms. The van der Waals surface area contributed by atoms with Crippen LogP contribution in [0.3, 0.4) is 0 Å². The van der Waals surface area contributed by atoms with E-state index in [2.05, 4.69) is 33.9 Å². The number of hydrogen-bond donors (Lipinski definition) is 2. The first-order chi connectivity index (χ1) is 8.87. The van der Waals surface area contributed by atoms with Crippen LogP contribution in [-0.4, -0.2) is 20.0 Å². The van der Waals surface area contributed by atoms with E-state index in [1.54, 1.807) is 13.0 Å². The molecule has 1 atom stereocenters. The molecule has 0 aromatic heterocycles. The predicted octanol–water partition coefficient (Wildman–Crippen LogP) is 3.64. The smallest absolute Gasteiger partial charge is 0.192 e. The summed E-state index contributed by atoms with van der Waals surface area (Å²) in [6, 6.07) is 4.27. The van der Waals surface area contributed by atoms with Crippen LogP contribution in [0.4, 0.5) is 10.1 Å². The van der Waals surface area contributed by atoms with Gasteiger partial charge in [-0.05, 0) is 42.8 Å². The minimum atomic E-state index is -1.94. The lowest BCUT2D eigenvalue weighted by Crippen LogP contribution is -2.44. The van der Waals surface area contributed by atoms with Gasteiger partial charge in [0.2, 0.25) is 0 Å². The number of anilines is 1. The average Bonchev–Trinajstić information content (AvgIpc) is 2.29. The lowest BCUT2D eigenvalue weighted by atomic mass is 9.96. The number of aliphatic hydroxyl groups is 1. The Morgan fingerprint density at radius 3 is 2.25 bits per heavy atom. The van der Waals surface area contributed by atoms with Gasteiger partial charge >= 0.3 is 0 Å². The summed E-state index contributed by atoms with van der Waals surface area (Å²) >= 11 is 0. The number of halogens is 1. The molecule has 0 saturated carbocycles. The highest BCUT2D eigenvalue weighted by Gasteiger charge is 2.39. The Hall–Kier alpha value is -0.913. The van der Waals surface area contributed by atoms with Crippen molar-refractivity contribution in [2.45, 2.75) is 51.4 Å². The highest BCUT2D eigenvalue weighted by Crippen LogP contribution is 2.37. The lowest BCUT2D eigenvalue weighted by Gasteiger charge is -2.38. The molecule has 0 radical (unpaired) electrons. The molecule has 0 saturated heterocycles. The van der Waals surface area contributed by atoms with Crippen LogP contribution in [0.25, 0.3) is 0 Å². The van der Waals surface area contributed by atoms with Crippen molar-refractivity contribution in [1.82, 2.24) is 0 Å². The summed E-state index contributed by atoms with van der Waals surface area (Å²) in [6.07, 6.45) is 0. The Morgan fingerprint density at radius 1 is 1.25 bits per heavy atom. The second-order valence-corrected chi connectivity index (χ2v) is 11.9. The highest BCUT2D eigenvalue weighted by atomic mass is 28.4. The van der Waals surface area contributed by atoms with Gasteiger partial charge in [-0.25, -0.2) is 4.39 Å². The monoisotopic (exact) mass is 299 g/mol. The van der Waals surface area contributed by atoms with E-state index in [0.29, 0.717) is 5.56 Å². The van der Waals surface area contributed by atoms with E-state index < -0.39 is 19.7 Å². The molecule has 3 nitrogen and oxygen atoms in total. The molecule has 0 fully saturated rings. The summed E-state index contributed by atoms with van der Waals surface area (Å²) in [5.74, 6) is -0.477. The molecule has 0 aliphatic rings. The van der Waals surface area contributed by atoms with Crippen LogP contribution in [0, 0.1) is 5.82 Å². The van der Waals surface area contributed by atoms with Crippen molar-refractivity contribution in [2.75, 3.05) is 12.3 Å². The average molecular weight is 299 g/mol. The molecule has 0 amide bonds. The van der Waals surface area contributed by atoms with Crippen LogP contribution < -0.4 is 5.73 Å². The zero-order valence-electron chi connectivity index (χ0n) is 13.2. The first-order valence-electron chi connectivity index (χ1n) is 6.79. The van der Waals surface area contributed by atoms with Gasteiger partial charge in [0, 0.05) is 0 Å². The largest absolute Gasteiger partial charge is 0.414 e. The van der Waals surface area contributed by atoms with Gasteiger partial charge < -0.3 is 15.3 Å². The summed E-state index contributed by atoms with van der Waals surface area (Å²) < 4.78 is 19.2. The van der Waals surface area contributed by atoms with Crippen molar-refractivity contribution < 1.29 is 13.9 Å². The maximum absolute atomic E-state index is 13.2. The van der Waals surface area contributed by atoms with Gasteiger partial charge in [-0.15, -0.1) is 0 Å². The molecule has 3 N–H and O–H groups in total. The maximum atomic E-state index is 13.2. The van der Waals surface area contributed by atoms with Crippen molar-refractivity contribution >= 4 is 14.0 Å². The van der Waals surface area contributed by atoms with Gasteiger partial charge in [0.25, 0.3) is 0 Å². The summed E-state index contributed by atoms with van der Waals surface area (Å²) in [5, 5.41) is 10.6. The molecular weight excluding hydrogens is 273 g/mol. The minimum Gasteiger partial charge on any atom is -0.414 e. The Labute approximate surface area is 122 Å². The van der Waals surface area contributed by atoms with Gasteiger partial charge in [0.1, 0.15) is 11.4 Å². The van der Waals surface area contributed by atoms with Crippen LogP contribution in [-0.2, 0) is 10.0 Å². The van der Waals surface area contributed by atoms with E-state index in [9.17, 15) is 9.50 Å². The van der Waals surface area contributed by atoms with Gasteiger partial charge in [-0.3, -0.25) is 0 Å². The second kappa shape index (κ2) is 5.46. The van der Waals surface area contributed by atoms with Crippen molar-refractivity contribution in [3.8, 4) is 0 Å². The van der Waals surface area contributed by atoms with Crippen LogP contribution in [0.1, 0.15) is 33.3 Å². The van der Waals surface area contributed by atoms with Crippen LogP contribution in [0.5, 0.6) is 0 Å². The van der Waals surface area contributed by atoms with E-state index in [0.717, 1.165) is 0 Å². The number of nitrogens with two attached hydrogens (primary N) is 1. The Balaban J connectivity index is 2.87. The molecule has 0 aliphatic carbocycles. The fourth-order valence-corrected chi connectivity index (χ4v) is 2.57. The van der Waals surface area contributed by atoms with Crippen LogP contribution in [0.2, 0.25) is 18.1 Å². The Kier molecular flexibility index (Phi) is 4.68. The molecule has 0 heterocycles. The zero-order chi connectivity index (χ0) is 15.8. The molecule has 1 rings (SSSR count). The minimum absolute atomic E-state index is 0.0371. The third kappa shape index (κ3) is 3.81. The number of rotatable bonds is 4. The molecule has 1 aromatic carbocycles. The normalized spacial score (nSPS) is 16.0. The molecule has 0 spiro atoms. The predicted molar refractivity (Wildman–Crippen MR) is 83.5 cm³/mol. The van der Waals surface area contributed by atoms with E-state index >= 15 is 0 Å². The summed E-state index contributed by atoms with van der Waals surface area (Å²) in [4.78, 5) is 0. The van der Waals surface area contributed by atoms with E-state index in [1.807, 2.05) is 0 Å². The topological polar surface area (TPSA) is 55.5 Å². The van der Waals surface area contributed by atoms with Gasteiger partial charge in [-0.1, -0.05) is 26.8 Å². The van der Waals surface area contributed by atoms with Gasteiger partial charge in [0.15, 0.2) is 8.32 Å². The van der Waals surface area contributed by atoms with Crippen LogP contribution in [0.15, 0.2) is 18.2 Å². The van der Waals surface area contributed by atoms with Crippen molar-refractivity contribution in [2.24, 2.45) is 0 Å². The van der Waals surface area contributed by atoms with Crippen LogP contribution >= 0.6 is 0 Å². The Bertz CT molecular complexity index is 481. The molecule has 1 unspecified atom stereocenters. The molecule has 0 bridgehead atoms. The molecular formula is C15H26FNO2Si. The maximum Gasteiger partial charge on any atom is 0.192 e. The van der Waals surface area contributed by atoms with E-state index in [1.165, 1.54) is 12.1 Å². The summed E-state index contributed by atoms with van der Waals surface area (Å²) in [6.45, 7) is 12.5. The summed E-state index contributed by atoms with van der Waals surface area (Å²) in [5.41, 5.74) is 4.97. The SMILES string of the molecule is CC(O)(CO[Si](C)(C)C(C)(C)C)c1ccc(F)c(N)c1. The van der Waals surface area contributed by atoms with E-state index in [-0.39, 0.29) is 17.3 Å². The third-order valence-electron chi connectivity index (χ3n) is 4.14. The molecule has 20 heavy (non-hydrogen) atoms. The molecule has 114 valence electrons. The Morgan fingerprint density at radius 2 is 1.80 bits per heavy atom. The molecule has 1 aromatic rings. The fourth-order valence-electron chi connectivity index (χ4n) is 1.50. The van der Waals surface area contributed by atoms with Crippen molar-refractivity contribution in [3.05, 3.63) is 29.6 Å². The fraction of sp³-hybridized carbons (Fsp3) is 0.600. The first-order valence-corrected chi connectivity index (χ1v) is 9.69. The van der Waals surface area contributed by atoms with Crippen molar-refractivity contribution in [3.63, 3.8) is 0 Å². The quantitative estimate of drug-likeness (QED) is 0.659. The lowest BCUT2D eigenvalue weighted by molar-refractivity contribution is 0.00261. The first kappa shape index (κ1) is 17.1. The standard InChI is InChI=1S/C15H26FNO2Si/c1-14(2,3)20(5,6)19-10-15(4,18)11-7-8-12(16)13(17)9-11/h7-9,18H,10,17H2,1-6H3. The third-order valence-corrected chi connectivity index (χ3v) is 8.62. The molecule has 0 aliphatic heterocycles. The zero-order valence-corrected chi connectivity index (χ0v) is 14.2. The number of nitrogen functional groups attached to an aromatic ring is 1. The van der Waals surface area contributed by atoms with Gasteiger partial charge in [0.05, 0.1) is 12.3 Å². The van der Waals surface area contributed by atoms with Gasteiger partial charge in [-0.2, -0.15) is 0 Å². The number of hydrogen-bond acceptors (Lipinski definition) is 3. The highest BCUT2D eigenvalue weighted by molar-refractivity contribution is 6.74. The number of benzene rings is 1. The van der Waals surface area contributed by atoms with E-state index in [4.69, 9.17) is 10.2 Å². The van der Waals surface area contributed by atoms with Crippen molar-refractivity contribution in [1.29, 1.82) is 0 Å². The summed E-state index contributed by atoms with van der Waals surface area (Å²) in [7, 11) is -1.94.